The largest absolute Gasteiger partial charge is 1.00 e. The number of aliphatic hydroxyl groups is 1. The van der Waals surface area contributed by atoms with Gasteiger partial charge in [0.15, 0.2) is 0 Å². The fourth-order valence-electron chi connectivity index (χ4n) is 1.20. The second-order valence-corrected chi connectivity index (χ2v) is 4.01. The number of nitrogens with one attached hydrogen (secondary N) is 1. The normalized spacial score (nSPS) is 11.6. The first-order valence-electron chi connectivity index (χ1n) is 4.77. The molecule has 5 heteroatoms. The molecule has 0 aliphatic rings. The van der Waals surface area contributed by atoms with Crippen LogP contribution in [0.4, 0.5) is 0 Å². The molecule has 2 nitrogen and oxygen atoms in total. The Balaban J connectivity index is -0.000000653. The van der Waals surface area contributed by atoms with Crippen molar-refractivity contribution in [3.63, 3.8) is 0 Å². The Morgan fingerprint density at radius 3 is 2.44 bits per heavy atom. The van der Waals surface area contributed by atoms with Crippen LogP contribution >= 0.6 is 24.0 Å². The summed E-state index contributed by atoms with van der Waals surface area (Å²) in [5.41, 5.74) is 0.780. The first-order valence-corrected chi connectivity index (χ1v) is 5.15. The Morgan fingerprint density at radius 2 is 1.94 bits per heavy atom. The van der Waals surface area contributed by atoms with Crippen LogP contribution in [0.2, 0.25) is 5.02 Å². The third-order valence-electron chi connectivity index (χ3n) is 1.98. The maximum atomic E-state index is 9.80. The number of hydrogen-bond acceptors (Lipinski definition) is 2. The molecule has 1 unspecified atom stereocenters. The Bertz CT molecular complexity index is 303. The summed E-state index contributed by atoms with van der Waals surface area (Å²) in [6.45, 7) is 4.61. The van der Waals surface area contributed by atoms with E-state index in [2.05, 4.69) is 5.32 Å². The summed E-state index contributed by atoms with van der Waals surface area (Å²) in [7, 11) is 0. The summed E-state index contributed by atoms with van der Waals surface area (Å²) in [5.74, 6) is 0. The molecule has 1 atom stereocenters. The van der Waals surface area contributed by atoms with Gasteiger partial charge in [0, 0.05) is 23.2 Å². The average molecular weight is 274 g/mol. The van der Waals surface area contributed by atoms with Gasteiger partial charge in [-0.05, 0) is 6.07 Å². The van der Waals surface area contributed by atoms with E-state index >= 15 is 0 Å². The van der Waals surface area contributed by atoms with Crippen molar-refractivity contribution in [2.24, 2.45) is 0 Å². The van der Waals surface area contributed by atoms with Crippen molar-refractivity contribution in [1.29, 1.82) is 0 Å². The molecule has 0 aliphatic carbocycles. The molecule has 1 aromatic rings. The van der Waals surface area contributed by atoms with Crippen molar-refractivity contribution in [3.8, 4) is 0 Å². The zero-order valence-corrected chi connectivity index (χ0v) is 13.5. The van der Waals surface area contributed by atoms with Crippen molar-refractivity contribution in [2.75, 3.05) is 6.54 Å². The third-order valence-corrected chi connectivity index (χ3v) is 2.33. The minimum atomic E-state index is -0.536. The van der Waals surface area contributed by atoms with Crippen LogP contribution in [0.25, 0.3) is 0 Å². The molecule has 0 radical (unpaired) electrons. The summed E-state index contributed by atoms with van der Waals surface area (Å²) >= 11 is 5.95. The predicted octanol–water partition coefficient (Wildman–Crippen LogP) is -0.0903. The molecule has 0 aromatic heterocycles. The van der Waals surface area contributed by atoms with Gasteiger partial charge in [-0.3, -0.25) is 0 Å². The average Bonchev–Trinajstić information content (AvgIpc) is 2.15. The van der Waals surface area contributed by atoms with Crippen molar-refractivity contribution < 1.29 is 36.1 Å². The van der Waals surface area contributed by atoms with Gasteiger partial charge in [-0.2, -0.15) is 0 Å². The quantitative estimate of drug-likeness (QED) is 0.752. The summed E-state index contributed by atoms with van der Waals surface area (Å²) in [6.07, 6.45) is -0.536. The van der Waals surface area contributed by atoms with E-state index in [1.807, 2.05) is 32.0 Å². The van der Waals surface area contributed by atoms with Crippen LogP contribution in [-0.2, 0) is 0 Å². The van der Waals surface area contributed by atoms with E-state index in [4.69, 9.17) is 11.6 Å². The van der Waals surface area contributed by atoms with E-state index in [9.17, 15) is 5.11 Å². The van der Waals surface area contributed by atoms with Crippen LogP contribution in [-0.4, -0.2) is 17.7 Å². The SMILES string of the molecule is CC(C)NCC(O)c1ccccc1Cl.Cl.[H-].[Na+]. The third kappa shape index (κ3) is 6.45. The Kier molecular flexibility index (Phi) is 11.6. The first kappa shape index (κ1) is 19.1. The molecular formula is C11H18Cl2NNaO. The molecule has 0 amide bonds. The molecule has 0 bridgehead atoms. The first-order chi connectivity index (χ1) is 6.61. The van der Waals surface area contributed by atoms with E-state index in [1.165, 1.54) is 0 Å². The summed E-state index contributed by atoms with van der Waals surface area (Å²) in [6, 6.07) is 7.73. The number of aliphatic hydroxyl groups excluding tert-OH is 1. The fourth-order valence-corrected chi connectivity index (χ4v) is 1.46. The van der Waals surface area contributed by atoms with E-state index in [0.29, 0.717) is 17.6 Å². The zero-order chi connectivity index (χ0) is 10.6. The van der Waals surface area contributed by atoms with Crippen molar-refractivity contribution in [2.45, 2.75) is 26.0 Å². The van der Waals surface area contributed by atoms with Crippen LogP contribution in [0.3, 0.4) is 0 Å². The van der Waals surface area contributed by atoms with Gasteiger partial charge in [-0.15, -0.1) is 12.4 Å². The van der Waals surface area contributed by atoms with E-state index in [1.54, 1.807) is 6.07 Å². The fraction of sp³-hybridized carbons (Fsp3) is 0.455. The van der Waals surface area contributed by atoms with Gasteiger partial charge in [0.1, 0.15) is 0 Å². The van der Waals surface area contributed by atoms with Gasteiger partial charge >= 0.3 is 29.6 Å². The number of benzene rings is 1. The Morgan fingerprint density at radius 1 is 1.38 bits per heavy atom. The Labute approximate surface area is 132 Å². The molecule has 0 spiro atoms. The maximum absolute atomic E-state index is 9.80. The number of halogens is 2. The van der Waals surface area contributed by atoms with Gasteiger partial charge < -0.3 is 11.8 Å². The van der Waals surface area contributed by atoms with Crippen LogP contribution in [0, 0.1) is 0 Å². The zero-order valence-electron chi connectivity index (χ0n) is 10.9. The topological polar surface area (TPSA) is 32.3 Å². The van der Waals surface area contributed by atoms with Crippen LogP contribution < -0.4 is 34.9 Å². The second kappa shape index (κ2) is 9.72. The predicted molar refractivity (Wildman–Crippen MR) is 67.9 cm³/mol. The molecule has 0 saturated heterocycles. The minimum absolute atomic E-state index is 0. The standard InChI is InChI=1S/C11H16ClNO.ClH.Na.H/c1-8(2)13-7-11(14)9-5-3-4-6-10(9)12;;;/h3-6,8,11,13-14H,7H2,1-2H3;1H;;/q;;+1;-1. The molecule has 1 aromatic carbocycles. The number of rotatable bonds is 4. The Hall–Kier alpha value is 0.720. The molecule has 0 aliphatic heterocycles. The van der Waals surface area contributed by atoms with E-state index in [-0.39, 0.29) is 43.4 Å². The monoisotopic (exact) mass is 273 g/mol. The van der Waals surface area contributed by atoms with Gasteiger partial charge in [-0.1, -0.05) is 43.6 Å². The molecule has 0 fully saturated rings. The number of hydrogen-bond donors (Lipinski definition) is 2. The van der Waals surface area contributed by atoms with E-state index in [0.717, 1.165) is 5.56 Å². The van der Waals surface area contributed by atoms with E-state index < -0.39 is 6.10 Å². The van der Waals surface area contributed by atoms with Gasteiger partial charge in [0.2, 0.25) is 0 Å². The summed E-state index contributed by atoms with van der Waals surface area (Å²) in [5, 5.41) is 13.6. The van der Waals surface area contributed by atoms with Gasteiger partial charge in [-0.25, -0.2) is 0 Å². The summed E-state index contributed by atoms with van der Waals surface area (Å²) in [4.78, 5) is 0. The van der Waals surface area contributed by atoms with Crippen LogP contribution in [0.5, 0.6) is 0 Å². The summed E-state index contributed by atoms with van der Waals surface area (Å²) < 4.78 is 0. The van der Waals surface area contributed by atoms with Crippen molar-refractivity contribution in [3.05, 3.63) is 34.9 Å². The maximum Gasteiger partial charge on any atom is 1.00 e. The smallest absolute Gasteiger partial charge is 1.00 e. The molecule has 2 N–H and O–H groups in total. The van der Waals surface area contributed by atoms with Crippen LogP contribution in [0.1, 0.15) is 26.9 Å². The molecule has 0 heterocycles. The molecule has 0 saturated carbocycles. The van der Waals surface area contributed by atoms with Gasteiger partial charge in [0.25, 0.3) is 0 Å². The van der Waals surface area contributed by atoms with Gasteiger partial charge in [0.05, 0.1) is 6.10 Å². The molecule has 1 rings (SSSR count). The minimum Gasteiger partial charge on any atom is -1.00 e. The molecule has 16 heavy (non-hydrogen) atoms. The van der Waals surface area contributed by atoms with Crippen LogP contribution in [0.15, 0.2) is 24.3 Å². The second-order valence-electron chi connectivity index (χ2n) is 3.60. The van der Waals surface area contributed by atoms with Crippen molar-refractivity contribution in [1.82, 2.24) is 5.32 Å². The molecular weight excluding hydrogens is 256 g/mol. The molecule has 88 valence electrons. The van der Waals surface area contributed by atoms with Crippen molar-refractivity contribution >= 4 is 24.0 Å².